The summed E-state index contributed by atoms with van der Waals surface area (Å²) >= 11 is 0. The Hall–Kier alpha value is -2.66. The monoisotopic (exact) mass is 313 g/mol. The molecule has 0 saturated carbocycles. The van der Waals surface area contributed by atoms with Crippen molar-refractivity contribution in [3.63, 3.8) is 0 Å². The van der Waals surface area contributed by atoms with Crippen LogP contribution in [0.5, 0.6) is 0 Å². The molecule has 2 N–H and O–H groups in total. The summed E-state index contributed by atoms with van der Waals surface area (Å²) in [5, 5.41) is 11.7. The second-order valence-corrected chi connectivity index (χ2v) is 5.13. The number of aliphatic hydroxyl groups is 1. The fourth-order valence-electron chi connectivity index (χ4n) is 2.07. The Labute approximate surface area is 134 Å². The van der Waals surface area contributed by atoms with Gasteiger partial charge in [-0.05, 0) is 30.2 Å². The molecule has 0 aromatic heterocycles. The molecule has 1 atom stereocenters. The molecule has 0 radical (unpaired) electrons. The van der Waals surface area contributed by atoms with Gasteiger partial charge in [0.2, 0.25) is 0 Å². The fourth-order valence-corrected chi connectivity index (χ4v) is 2.07. The summed E-state index contributed by atoms with van der Waals surface area (Å²) in [4.78, 5) is 23.7. The van der Waals surface area contributed by atoms with E-state index in [0.29, 0.717) is 11.1 Å². The highest BCUT2D eigenvalue weighted by molar-refractivity contribution is 5.91. The van der Waals surface area contributed by atoms with Crippen molar-refractivity contribution in [2.45, 2.75) is 19.6 Å². The van der Waals surface area contributed by atoms with Crippen molar-refractivity contribution in [2.75, 3.05) is 6.61 Å². The molecule has 0 heterocycles. The first kappa shape index (κ1) is 16.7. The zero-order valence-corrected chi connectivity index (χ0v) is 12.9. The van der Waals surface area contributed by atoms with Crippen molar-refractivity contribution in [1.82, 2.24) is 5.32 Å². The van der Waals surface area contributed by atoms with Crippen molar-refractivity contribution < 1.29 is 19.4 Å². The van der Waals surface area contributed by atoms with E-state index >= 15 is 0 Å². The van der Waals surface area contributed by atoms with Crippen LogP contribution in [0.3, 0.4) is 0 Å². The fraction of sp³-hybridized carbons (Fsp3) is 0.222. The first-order valence-electron chi connectivity index (χ1n) is 7.31. The molecule has 0 fully saturated rings. The van der Waals surface area contributed by atoms with Gasteiger partial charge < -0.3 is 15.2 Å². The Bertz CT molecular complexity index is 652. The highest BCUT2D eigenvalue weighted by atomic mass is 16.5. The van der Waals surface area contributed by atoms with E-state index in [0.717, 1.165) is 5.56 Å². The highest BCUT2D eigenvalue weighted by Crippen LogP contribution is 2.11. The molecule has 0 unspecified atom stereocenters. The van der Waals surface area contributed by atoms with Crippen LogP contribution in [-0.4, -0.2) is 23.6 Å². The van der Waals surface area contributed by atoms with Crippen LogP contribution in [0.2, 0.25) is 0 Å². The summed E-state index contributed by atoms with van der Waals surface area (Å²) in [5.74, 6) is -0.932. The van der Waals surface area contributed by atoms with Crippen LogP contribution >= 0.6 is 0 Å². The third-order valence-electron chi connectivity index (χ3n) is 3.38. The summed E-state index contributed by atoms with van der Waals surface area (Å²) < 4.78 is 4.99. The van der Waals surface area contributed by atoms with Crippen LogP contribution in [0, 0.1) is 0 Å². The Balaban J connectivity index is 1.82. The minimum absolute atomic E-state index is 0.0882. The molecule has 0 saturated heterocycles. The minimum atomic E-state index is -0.572. The van der Waals surface area contributed by atoms with E-state index in [2.05, 4.69) is 5.32 Å². The number of aliphatic hydroxyl groups excluding tert-OH is 1. The van der Waals surface area contributed by atoms with E-state index in [1.54, 1.807) is 24.3 Å². The Kier molecular flexibility index (Phi) is 5.88. The van der Waals surface area contributed by atoms with Gasteiger partial charge >= 0.3 is 5.97 Å². The van der Waals surface area contributed by atoms with E-state index in [-0.39, 0.29) is 25.2 Å². The van der Waals surface area contributed by atoms with Gasteiger partial charge in [0.25, 0.3) is 5.91 Å². The van der Waals surface area contributed by atoms with Crippen molar-refractivity contribution >= 4 is 11.9 Å². The molecule has 5 heteroatoms. The minimum Gasteiger partial charge on any atom is -0.452 e. The van der Waals surface area contributed by atoms with Crippen molar-refractivity contribution in [3.05, 3.63) is 71.3 Å². The van der Waals surface area contributed by atoms with Gasteiger partial charge in [0.15, 0.2) is 6.61 Å². The van der Waals surface area contributed by atoms with Gasteiger partial charge in [0.1, 0.15) is 0 Å². The lowest BCUT2D eigenvalue weighted by molar-refractivity contribution is -0.124. The lowest BCUT2D eigenvalue weighted by atomic mass is 10.1. The number of amides is 1. The smallest absolute Gasteiger partial charge is 0.338 e. The van der Waals surface area contributed by atoms with E-state index < -0.39 is 5.97 Å². The highest BCUT2D eigenvalue weighted by Gasteiger charge is 2.13. The van der Waals surface area contributed by atoms with Gasteiger partial charge in [0, 0.05) is 0 Å². The summed E-state index contributed by atoms with van der Waals surface area (Å²) in [6.45, 7) is 1.44. The molecule has 5 nitrogen and oxygen atoms in total. The topological polar surface area (TPSA) is 75.6 Å². The van der Waals surface area contributed by atoms with Gasteiger partial charge in [-0.15, -0.1) is 0 Å². The number of benzene rings is 2. The number of rotatable bonds is 6. The number of nitrogens with one attached hydrogen (secondary N) is 1. The molecule has 2 aromatic carbocycles. The number of hydrogen-bond acceptors (Lipinski definition) is 4. The van der Waals surface area contributed by atoms with Crippen LogP contribution in [0.4, 0.5) is 0 Å². The normalized spacial score (nSPS) is 11.6. The molecule has 0 spiro atoms. The Morgan fingerprint density at radius 3 is 2.35 bits per heavy atom. The number of carbonyl (C=O) groups is 2. The Morgan fingerprint density at radius 1 is 1.09 bits per heavy atom. The SMILES string of the molecule is C[C@H](NC(=O)COC(=O)c1ccc(CO)cc1)c1ccccc1. The van der Waals surface area contributed by atoms with E-state index in [9.17, 15) is 9.59 Å². The third-order valence-corrected chi connectivity index (χ3v) is 3.38. The van der Waals surface area contributed by atoms with E-state index in [1.807, 2.05) is 37.3 Å². The molecule has 0 aliphatic rings. The number of ether oxygens (including phenoxy) is 1. The summed E-state index contributed by atoms with van der Waals surface area (Å²) in [6.07, 6.45) is 0. The standard InChI is InChI=1S/C18H19NO4/c1-13(15-5-3-2-4-6-15)19-17(21)12-23-18(22)16-9-7-14(11-20)8-10-16/h2-10,13,20H,11-12H2,1H3,(H,19,21)/t13-/m0/s1. The van der Waals surface area contributed by atoms with E-state index in [1.165, 1.54) is 0 Å². The molecule has 0 bridgehead atoms. The van der Waals surface area contributed by atoms with Gasteiger partial charge in [-0.1, -0.05) is 42.5 Å². The third kappa shape index (κ3) is 4.93. The maximum Gasteiger partial charge on any atom is 0.338 e. The first-order valence-corrected chi connectivity index (χ1v) is 7.31. The molecule has 2 aromatic rings. The zero-order chi connectivity index (χ0) is 16.7. The predicted octanol–water partition coefficient (Wildman–Crippen LogP) is 2.21. The van der Waals surface area contributed by atoms with Crippen LogP contribution in [0.15, 0.2) is 54.6 Å². The average Bonchev–Trinajstić information content (AvgIpc) is 2.60. The quantitative estimate of drug-likeness (QED) is 0.802. The summed E-state index contributed by atoms with van der Waals surface area (Å²) in [6, 6.07) is 15.7. The number of esters is 1. The zero-order valence-electron chi connectivity index (χ0n) is 12.9. The predicted molar refractivity (Wildman–Crippen MR) is 85.6 cm³/mol. The van der Waals surface area contributed by atoms with Crippen LogP contribution in [0.25, 0.3) is 0 Å². The van der Waals surface area contributed by atoms with Crippen molar-refractivity contribution in [2.24, 2.45) is 0 Å². The van der Waals surface area contributed by atoms with Crippen LogP contribution < -0.4 is 5.32 Å². The molecular weight excluding hydrogens is 294 g/mol. The summed E-state index contributed by atoms with van der Waals surface area (Å²) in [5.41, 5.74) is 2.02. The van der Waals surface area contributed by atoms with Gasteiger partial charge in [-0.25, -0.2) is 4.79 Å². The van der Waals surface area contributed by atoms with Crippen molar-refractivity contribution in [3.8, 4) is 0 Å². The number of carbonyl (C=O) groups excluding carboxylic acids is 2. The van der Waals surface area contributed by atoms with Crippen molar-refractivity contribution in [1.29, 1.82) is 0 Å². The molecule has 120 valence electrons. The molecule has 23 heavy (non-hydrogen) atoms. The van der Waals surface area contributed by atoms with Crippen LogP contribution in [-0.2, 0) is 16.1 Å². The lowest BCUT2D eigenvalue weighted by Gasteiger charge is -2.14. The summed E-state index contributed by atoms with van der Waals surface area (Å²) in [7, 11) is 0. The lowest BCUT2D eigenvalue weighted by Crippen LogP contribution is -2.31. The van der Waals surface area contributed by atoms with Gasteiger partial charge in [0.05, 0.1) is 18.2 Å². The largest absolute Gasteiger partial charge is 0.452 e. The maximum atomic E-state index is 11.8. The average molecular weight is 313 g/mol. The molecule has 0 aliphatic carbocycles. The molecule has 0 aliphatic heterocycles. The van der Waals surface area contributed by atoms with Gasteiger partial charge in [-0.3, -0.25) is 4.79 Å². The molecule has 2 rings (SSSR count). The first-order chi connectivity index (χ1) is 11.1. The van der Waals surface area contributed by atoms with Gasteiger partial charge in [-0.2, -0.15) is 0 Å². The van der Waals surface area contributed by atoms with Crippen LogP contribution in [0.1, 0.15) is 34.5 Å². The van der Waals surface area contributed by atoms with E-state index in [4.69, 9.17) is 9.84 Å². The Morgan fingerprint density at radius 2 is 1.74 bits per heavy atom. The molecule has 1 amide bonds. The second kappa shape index (κ2) is 8.10. The second-order valence-electron chi connectivity index (χ2n) is 5.13. The maximum absolute atomic E-state index is 11.8. The number of hydrogen-bond donors (Lipinski definition) is 2. The molecular formula is C18H19NO4.